The summed E-state index contributed by atoms with van der Waals surface area (Å²) in [6, 6.07) is 5.35. The first-order valence-electron chi connectivity index (χ1n) is 4.92. The Morgan fingerprint density at radius 1 is 1.22 bits per heavy atom. The molecule has 0 bridgehead atoms. The van der Waals surface area contributed by atoms with Crippen LogP contribution >= 0.6 is 55.5 Å². The molecule has 0 saturated heterocycles. The van der Waals surface area contributed by atoms with Crippen LogP contribution in [0.1, 0.15) is 5.56 Å². The van der Waals surface area contributed by atoms with Gasteiger partial charge in [-0.05, 0) is 28.0 Å². The van der Waals surface area contributed by atoms with Crippen molar-refractivity contribution >= 4 is 60.5 Å². The van der Waals surface area contributed by atoms with E-state index in [-0.39, 0.29) is 9.77 Å². The van der Waals surface area contributed by atoms with Gasteiger partial charge in [-0.25, -0.2) is 0 Å². The van der Waals surface area contributed by atoms with Crippen molar-refractivity contribution in [1.29, 1.82) is 0 Å². The molecule has 0 radical (unpaired) electrons. The third-order valence-electron chi connectivity index (χ3n) is 2.33. The quantitative estimate of drug-likeness (QED) is 0.750. The lowest BCUT2D eigenvalue weighted by Gasteiger charge is -2.18. The van der Waals surface area contributed by atoms with Crippen molar-refractivity contribution in [1.82, 2.24) is 0 Å². The molecule has 0 aliphatic rings. The molecule has 1 heterocycles. The fraction of sp³-hybridized carbons (Fsp3) is 0.182. The van der Waals surface area contributed by atoms with E-state index >= 15 is 0 Å². The van der Waals surface area contributed by atoms with Crippen molar-refractivity contribution in [2.75, 3.05) is 11.9 Å². The van der Waals surface area contributed by atoms with Crippen molar-refractivity contribution in [3.8, 4) is 0 Å². The number of halogens is 3. The van der Waals surface area contributed by atoms with Crippen molar-refractivity contribution < 1.29 is 0 Å². The molecule has 0 aliphatic carbocycles. The number of nitrogens with zero attached hydrogens (tertiary/aromatic N) is 1. The predicted octanol–water partition coefficient (Wildman–Crippen LogP) is 4.77. The van der Waals surface area contributed by atoms with E-state index in [2.05, 4.69) is 0 Å². The molecule has 0 spiro atoms. The monoisotopic (exact) mass is 339 g/mol. The predicted molar refractivity (Wildman–Crippen MR) is 82.0 cm³/mol. The van der Waals surface area contributed by atoms with Crippen LogP contribution < -0.4 is 9.64 Å². The molecule has 2 rings (SSSR count). The maximum absolute atomic E-state index is 11.3. The van der Waals surface area contributed by atoms with Gasteiger partial charge in [-0.15, -0.1) is 0 Å². The van der Waals surface area contributed by atoms with Crippen molar-refractivity contribution in [2.45, 2.75) is 6.54 Å². The minimum atomic E-state index is -0.106. The fourth-order valence-electron chi connectivity index (χ4n) is 1.45. The van der Waals surface area contributed by atoms with E-state index in [4.69, 9.17) is 34.8 Å². The molecular weight excluding hydrogens is 333 g/mol. The van der Waals surface area contributed by atoms with Crippen LogP contribution in [0.15, 0.2) is 23.0 Å². The Morgan fingerprint density at radius 2 is 1.94 bits per heavy atom. The van der Waals surface area contributed by atoms with Crippen LogP contribution in [0.3, 0.4) is 0 Å². The lowest BCUT2D eigenvalue weighted by Crippen LogP contribution is -2.16. The Balaban J connectivity index is 2.24. The van der Waals surface area contributed by atoms with Gasteiger partial charge >= 0.3 is 0 Å². The minimum absolute atomic E-state index is 0.106. The molecule has 0 fully saturated rings. The number of hydrogen-bond acceptors (Lipinski definition) is 4. The summed E-state index contributed by atoms with van der Waals surface area (Å²) < 4.78 is -0.106. The number of anilines is 1. The second kappa shape index (κ2) is 5.80. The highest BCUT2D eigenvalue weighted by atomic mass is 35.5. The Kier molecular flexibility index (Phi) is 4.56. The Bertz CT molecular complexity index is 623. The molecule has 0 amide bonds. The number of rotatable bonds is 3. The smallest absolute Gasteiger partial charge is 0.263 e. The largest absolute Gasteiger partial charge is 0.360 e. The first-order chi connectivity index (χ1) is 8.49. The maximum atomic E-state index is 11.3. The van der Waals surface area contributed by atoms with Gasteiger partial charge in [0.25, 0.3) is 4.74 Å². The van der Waals surface area contributed by atoms with Crippen LogP contribution in [0.4, 0.5) is 5.00 Å². The lowest BCUT2D eigenvalue weighted by atomic mass is 10.2. The molecule has 0 N–H and O–H groups in total. The standard InChI is InChI=1S/C11H8Cl3NOS2/c1-15(10-9(14)11(16)18-17-10)5-6-2-3-7(12)4-8(6)13/h2-4H,5H2,1H3. The second-order valence-electron chi connectivity index (χ2n) is 3.67. The fourth-order valence-corrected chi connectivity index (χ4v) is 4.66. The minimum Gasteiger partial charge on any atom is -0.360 e. The normalized spacial score (nSPS) is 10.7. The van der Waals surface area contributed by atoms with E-state index in [0.717, 1.165) is 20.9 Å². The molecule has 0 atom stereocenters. The first kappa shape index (κ1) is 14.2. The first-order valence-corrected chi connectivity index (χ1v) is 8.21. The summed E-state index contributed by atoms with van der Waals surface area (Å²) in [6.07, 6.45) is 0. The van der Waals surface area contributed by atoms with E-state index in [9.17, 15) is 4.79 Å². The summed E-state index contributed by atoms with van der Waals surface area (Å²) in [4.78, 5) is 13.2. The zero-order chi connectivity index (χ0) is 13.3. The maximum Gasteiger partial charge on any atom is 0.263 e. The average molecular weight is 341 g/mol. The molecule has 0 unspecified atom stereocenters. The SMILES string of the molecule is CN(Cc1ccc(Cl)cc1Cl)c1ssc(=O)c1Cl. The van der Waals surface area contributed by atoms with Crippen molar-refractivity contribution in [3.63, 3.8) is 0 Å². The van der Waals surface area contributed by atoms with E-state index in [1.165, 1.54) is 10.3 Å². The number of hydrogen-bond donors (Lipinski definition) is 0. The third-order valence-corrected chi connectivity index (χ3v) is 5.78. The molecule has 0 aliphatic heterocycles. The van der Waals surface area contributed by atoms with Gasteiger partial charge < -0.3 is 4.90 Å². The van der Waals surface area contributed by atoms with Crippen LogP contribution in [0, 0.1) is 0 Å². The van der Waals surface area contributed by atoms with Crippen molar-refractivity contribution in [2.24, 2.45) is 0 Å². The van der Waals surface area contributed by atoms with Crippen LogP contribution in [0.2, 0.25) is 15.1 Å². The molecule has 7 heteroatoms. The van der Waals surface area contributed by atoms with Gasteiger partial charge in [0.1, 0.15) is 10.0 Å². The van der Waals surface area contributed by atoms with Gasteiger partial charge in [0.05, 0.1) is 0 Å². The summed E-state index contributed by atoms with van der Waals surface area (Å²) in [5, 5.41) is 2.24. The van der Waals surface area contributed by atoms with Gasteiger partial charge in [0.2, 0.25) is 0 Å². The Morgan fingerprint density at radius 3 is 2.50 bits per heavy atom. The molecule has 1 aromatic heterocycles. The van der Waals surface area contributed by atoms with Crippen LogP contribution in [0.25, 0.3) is 0 Å². The molecule has 18 heavy (non-hydrogen) atoms. The van der Waals surface area contributed by atoms with Gasteiger partial charge in [-0.2, -0.15) is 0 Å². The Labute approximate surface area is 127 Å². The highest BCUT2D eigenvalue weighted by Gasteiger charge is 2.14. The van der Waals surface area contributed by atoms with E-state index in [0.29, 0.717) is 16.6 Å². The van der Waals surface area contributed by atoms with E-state index in [1.807, 2.05) is 18.0 Å². The molecule has 2 aromatic rings. The molecule has 96 valence electrons. The van der Waals surface area contributed by atoms with Crippen LogP contribution in [0.5, 0.6) is 0 Å². The molecule has 1 aromatic carbocycles. The zero-order valence-electron chi connectivity index (χ0n) is 9.25. The van der Waals surface area contributed by atoms with Gasteiger partial charge in [-0.1, -0.05) is 51.2 Å². The summed E-state index contributed by atoms with van der Waals surface area (Å²) >= 11 is 17.9. The number of benzene rings is 1. The van der Waals surface area contributed by atoms with Crippen LogP contribution in [-0.2, 0) is 6.54 Å². The summed E-state index contributed by atoms with van der Waals surface area (Å²) in [6.45, 7) is 0.572. The van der Waals surface area contributed by atoms with Gasteiger partial charge in [0.15, 0.2) is 0 Å². The highest BCUT2D eigenvalue weighted by Crippen LogP contribution is 2.32. The zero-order valence-corrected chi connectivity index (χ0v) is 13.1. The highest BCUT2D eigenvalue weighted by molar-refractivity contribution is 7.70. The molecule has 2 nitrogen and oxygen atoms in total. The molecule has 0 saturated carbocycles. The summed E-state index contributed by atoms with van der Waals surface area (Å²) in [5.41, 5.74) is 0.936. The van der Waals surface area contributed by atoms with E-state index in [1.54, 1.807) is 12.1 Å². The van der Waals surface area contributed by atoms with E-state index < -0.39 is 0 Å². The van der Waals surface area contributed by atoms with Crippen molar-refractivity contribution in [3.05, 3.63) is 48.4 Å². The molecular formula is C11H8Cl3NOS2. The topological polar surface area (TPSA) is 20.3 Å². The summed E-state index contributed by atoms with van der Waals surface area (Å²) in [5.74, 6) is 0. The summed E-state index contributed by atoms with van der Waals surface area (Å²) in [7, 11) is 4.37. The second-order valence-corrected chi connectivity index (χ2v) is 6.98. The lowest BCUT2D eigenvalue weighted by molar-refractivity contribution is 0.935. The Hall–Kier alpha value is -0.260. The third kappa shape index (κ3) is 3.00. The van der Waals surface area contributed by atoms with Gasteiger partial charge in [-0.3, -0.25) is 4.79 Å². The average Bonchev–Trinajstić information content (AvgIpc) is 2.64. The van der Waals surface area contributed by atoms with Gasteiger partial charge in [0, 0.05) is 23.6 Å². The van der Waals surface area contributed by atoms with Crippen LogP contribution in [-0.4, -0.2) is 7.05 Å².